The lowest BCUT2D eigenvalue weighted by molar-refractivity contribution is -0.135. The van der Waals surface area contributed by atoms with Crippen molar-refractivity contribution in [1.29, 1.82) is 0 Å². The zero-order valence-electron chi connectivity index (χ0n) is 10.8. The molecule has 94 valence electrons. The highest BCUT2D eigenvalue weighted by molar-refractivity contribution is 7.99. The zero-order valence-corrected chi connectivity index (χ0v) is 11.6. The SMILES string of the molecule is CSC1CNCC1N1CC(C)OC(C)(C)C1. The molecular formula is C12H24N2OS. The predicted molar refractivity (Wildman–Crippen MR) is 70.2 cm³/mol. The van der Waals surface area contributed by atoms with Crippen molar-refractivity contribution in [3.63, 3.8) is 0 Å². The maximum Gasteiger partial charge on any atom is 0.0757 e. The fraction of sp³-hybridized carbons (Fsp3) is 1.00. The van der Waals surface area contributed by atoms with Crippen LogP contribution in [0, 0.1) is 0 Å². The number of rotatable bonds is 2. The van der Waals surface area contributed by atoms with Crippen molar-refractivity contribution in [2.24, 2.45) is 0 Å². The second-order valence-electron chi connectivity index (χ2n) is 5.62. The van der Waals surface area contributed by atoms with Crippen molar-refractivity contribution >= 4 is 11.8 Å². The number of nitrogens with zero attached hydrogens (tertiary/aromatic N) is 1. The molecule has 2 heterocycles. The fourth-order valence-corrected chi connectivity index (χ4v) is 3.87. The first-order valence-corrected chi connectivity index (χ1v) is 7.46. The Labute approximate surface area is 103 Å². The van der Waals surface area contributed by atoms with Crippen LogP contribution in [0.5, 0.6) is 0 Å². The zero-order chi connectivity index (χ0) is 11.8. The summed E-state index contributed by atoms with van der Waals surface area (Å²) >= 11 is 1.99. The average Bonchev–Trinajstić information content (AvgIpc) is 2.61. The standard InChI is InChI=1S/C12H24N2OS/c1-9-7-14(8-12(2,3)15-9)10-5-13-6-11(10)16-4/h9-11,13H,5-8H2,1-4H3. The van der Waals surface area contributed by atoms with E-state index in [2.05, 4.69) is 37.2 Å². The largest absolute Gasteiger partial charge is 0.370 e. The molecule has 2 aliphatic heterocycles. The lowest BCUT2D eigenvalue weighted by Crippen LogP contribution is -2.57. The molecule has 2 rings (SSSR count). The van der Waals surface area contributed by atoms with Gasteiger partial charge in [-0.3, -0.25) is 4.90 Å². The second-order valence-corrected chi connectivity index (χ2v) is 6.69. The summed E-state index contributed by atoms with van der Waals surface area (Å²) in [6.07, 6.45) is 2.58. The summed E-state index contributed by atoms with van der Waals surface area (Å²) in [7, 11) is 0. The third-order valence-electron chi connectivity index (χ3n) is 3.50. The van der Waals surface area contributed by atoms with Gasteiger partial charge in [-0.2, -0.15) is 11.8 Å². The molecular weight excluding hydrogens is 220 g/mol. The van der Waals surface area contributed by atoms with Crippen LogP contribution in [0.1, 0.15) is 20.8 Å². The average molecular weight is 244 g/mol. The Kier molecular flexibility index (Phi) is 3.84. The van der Waals surface area contributed by atoms with Gasteiger partial charge in [-0.05, 0) is 27.0 Å². The summed E-state index contributed by atoms with van der Waals surface area (Å²) in [4.78, 5) is 2.62. The van der Waals surface area contributed by atoms with E-state index in [4.69, 9.17) is 4.74 Å². The van der Waals surface area contributed by atoms with E-state index in [9.17, 15) is 0 Å². The van der Waals surface area contributed by atoms with Crippen molar-refractivity contribution in [2.45, 2.75) is 43.8 Å². The lowest BCUT2D eigenvalue weighted by Gasteiger charge is -2.45. The molecule has 0 amide bonds. The summed E-state index contributed by atoms with van der Waals surface area (Å²) < 4.78 is 5.96. The molecule has 1 N–H and O–H groups in total. The Morgan fingerprint density at radius 1 is 1.38 bits per heavy atom. The van der Waals surface area contributed by atoms with Gasteiger partial charge in [-0.25, -0.2) is 0 Å². The molecule has 2 aliphatic rings. The van der Waals surface area contributed by atoms with Crippen LogP contribution in [0.3, 0.4) is 0 Å². The number of hydrogen-bond acceptors (Lipinski definition) is 4. The lowest BCUT2D eigenvalue weighted by atomic mass is 10.0. The van der Waals surface area contributed by atoms with Gasteiger partial charge in [0.15, 0.2) is 0 Å². The Morgan fingerprint density at radius 3 is 2.75 bits per heavy atom. The van der Waals surface area contributed by atoms with E-state index in [0.717, 1.165) is 31.4 Å². The number of hydrogen-bond donors (Lipinski definition) is 1. The van der Waals surface area contributed by atoms with E-state index in [1.165, 1.54) is 0 Å². The highest BCUT2D eigenvalue weighted by atomic mass is 32.2. The molecule has 0 bridgehead atoms. The molecule has 2 saturated heterocycles. The smallest absolute Gasteiger partial charge is 0.0757 e. The molecule has 3 unspecified atom stereocenters. The van der Waals surface area contributed by atoms with Crippen LogP contribution in [-0.4, -0.2) is 60.3 Å². The molecule has 16 heavy (non-hydrogen) atoms. The molecule has 3 nitrogen and oxygen atoms in total. The van der Waals surface area contributed by atoms with Crippen molar-refractivity contribution in [1.82, 2.24) is 10.2 Å². The Morgan fingerprint density at radius 2 is 2.12 bits per heavy atom. The molecule has 0 aromatic heterocycles. The van der Waals surface area contributed by atoms with Crippen LogP contribution in [0.2, 0.25) is 0 Å². The molecule has 4 heteroatoms. The van der Waals surface area contributed by atoms with E-state index in [1.54, 1.807) is 0 Å². The maximum atomic E-state index is 5.96. The van der Waals surface area contributed by atoms with Gasteiger partial charge in [-0.1, -0.05) is 0 Å². The molecule has 0 aromatic carbocycles. The van der Waals surface area contributed by atoms with Crippen molar-refractivity contribution < 1.29 is 4.74 Å². The first-order valence-electron chi connectivity index (χ1n) is 6.17. The van der Waals surface area contributed by atoms with Gasteiger partial charge >= 0.3 is 0 Å². The Balaban J connectivity index is 2.03. The Hall–Kier alpha value is 0.230. The molecule has 0 spiro atoms. The van der Waals surface area contributed by atoms with Crippen LogP contribution in [0.25, 0.3) is 0 Å². The molecule has 3 atom stereocenters. The van der Waals surface area contributed by atoms with Crippen LogP contribution in [0.4, 0.5) is 0 Å². The van der Waals surface area contributed by atoms with Gasteiger partial charge in [0.2, 0.25) is 0 Å². The highest BCUT2D eigenvalue weighted by Gasteiger charge is 2.39. The molecule has 0 aromatic rings. The number of nitrogens with one attached hydrogen (secondary N) is 1. The van der Waals surface area contributed by atoms with Gasteiger partial charge in [0, 0.05) is 37.5 Å². The van der Waals surface area contributed by atoms with E-state index in [1.807, 2.05) is 11.8 Å². The first kappa shape index (κ1) is 12.7. The highest BCUT2D eigenvalue weighted by Crippen LogP contribution is 2.27. The van der Waals surface area contributed by atoms with E-state index in [-0.39, 0.29) is 5.60 Å². The van der Waals surface area contributed by atoms with Gasteiger partial charge in [0.25, 0.3) is 0 Å². The van der Waals surface area contributed by atoms with E-state index in [0.29, 0.717) is 12.1 Å². The summed E-state index contributed by atoms with van der Waals surface area (Å²) in [6.45, 7) is 11.0. The summed E-state index contributed by atoms with van der Waals surface area (Å²) in [5.41, 5.74) is 0.00319. The minimum Gasteiger partial charge on any atom is -0.370 e. The molecule has 0 saturated carbocycles. The van der Waals surface area contributed by atoms with Crippen molar-refractivity contribution in [3.05, 3.63) is 0 Å². The summed E-state index contributed by atoms with van der Waals surface area (Å²) in [5, 5.41) is 4.25. The third kappa shape index (κ3) is 2.73. The predicted octanol–water partition coefficient (Wildman–Crippen LogP) is 1.19. The summed E-state index contributed by atoms with van der Waals surface area (Å²) in [6, 6.07) is 0.681. The number of ether oxygens (including phenoxy) is 1. The number of morpholine rings is 1. The fourth-order valence-electron chi connectivity index (χ4n) is 3.00. The quantitative estimate of drug-likeness (QED) is 0.788. The minimum atomic E-state index is 0.00319. The minimum absolute atomic E-state index is 0.00319. The monoisotopic (exact) mass is 244 g/mol. The topological polar surface area (TPSA) is 24.5 Å². The van der Waals surface area contributed by atoms with Crippen LogP contribution >= 0.6 is 11.8 Å². The summed E-state index contributed by atoms with van der Waals surface area (Å²) in [5.74, 6) is 0. The molecule has 0 radical (unpaired) electrons. The van der Waals surface area contributed by atoms with E-state index < -0.39 is 0 Å². The van der Waals surface area contributed by atoms with Crippen LogP contribution in [-0.2, 0) is 4.74 Å². The van der Waals surface area contributed by atoms with Crippen molar-refractivity contribution in [2.75, 3.05) is 32.4 Å². The van der Waals surface area contributed by atoms with Gasteiger partial charge in [0.1, 0.15) is 0 Å². The van der Waals surface area contributed by atoms with Gasteiger partial charge in [0.05, 0.1) is 11.7 Å². The van der Waals surface area contributed by atoms with Crippen molar-refractivity contribution in [3.8, 4) is 0 Å². The third-order valence-corrected chi connectivity index (χ3v) is 4.58. The molecule has 0 aliphatic carbocycles. The normalized spacial score (nSPS) is 40.1. The van der Waals surface area contributed by atoms with E-state index >= 15 is 0 Å². The van der Waals surface area contributed by atoms with Crippen LogP contribution < -0.4 is 5.32 Å². The molecule has 2 fully saturated rings. The second kappa shape index (κ2) is 4.84. The Bertz CT molecular complexity index is 247. The maximum absolute atomic E-state index is 5.96. The van der Waals surface area contributed by atoms with Gasteiger partial charge in [-0.15, -0.1) is 0 Å². The number of thioether (sulfide) groups is 1. The van der Waals surface area contributed by atoms with Crippen LogP contribution in [0.15, 0.2) is 0 Å². The first-order chi connectivity index (χ1) is 7.52. The van der Waals surface area contributed by atoms with Gasteiger partial charge < -0.3 is 10.1 Å².